The topological polar surface area (TPSA) is 303 Å². The lowest BCUT2D eigenvalue weighted by Gasteiger charge is -2.32. The van der Waals surface area contributed by atoms with Gasteiger partial charge in [-0.25, -0.2) is 14.6 Å². The number of nitrogens with one attached hydrogen (secondary N) is 5. The number of aliphatic hydroxyl groups is 1. The maximum Gasteiger partial charge on any atom is 0.433 e. The van der Waals surface area contributed by atoms with Gasteiger partial charge in [-0.3, -0.25) is 33.6 Å². The molecule has 3 rings (SSSR count). The third-order valence-electron chi connectivity index (χ3n) is 8.92. The first kappa shape index (κ1) is 47.8. The number of hydrazine groups is 1. The fourth-order valence-corrected chi connectivity index (χ4v) is 5.65. The molecule has 1 aliphatic heterocycles. The van der Waals surface area contributed by atoms with E-state index >= 15 is 0 Å². The van der Waals surface area contributed by atoms with Crippen LogP contribution >= 0.6 is 0 Å². The molecular formula is C39H51N7O14. The van der Waals surface area contributed by atoms with Gasteiger partial charge in [-0.2, -0.15) is 0 Å². The van der Waals surface area contributed by atoms with E-state index in [2.05, 4.69) is 26.6 Å². The predicted molar refractivity (Wildman–Crippen MR) is 208 cm³/mol. The molecule has 1 saturated heterocycles. The van der Waals surface area contributed by atoms with E-state index in [0.29, 0.717) is 5.56 Å². The van der Waals surface area contributed by atoms with Crippen molar-refractivity contribution in [3.8, 4) is 0 Å². The number of aliphatic carboxylic acids is 1. The highest BCUT2D eigenvalue weighted by molar-refractivity contribution is 6.03. The van der Waals surface area contributed by atoms with Crippen LogP contribution in [-0.2, 0) is 56.2 Å². The van der Waals surface area contributed by atoms with E-state index in [4.69, 9.17) is 9.47 Å². The number of likely N-dealkylation sites (N-methyl/N-ethyl adjacent to an activating group) is 1. The fourth-order valence-electron chi connectivity index (χ4n) is 5.65. The average Bonchev–Trinajstić information content (AvgIpc) is 4.01. The smallest absolute Gasteiger partial charge is 0.433 e. The molecule has 0 aliphatic carbocycles. The summed E-state index contributed by atoms with van der Waals surface area (Å²) in [6.45, 7) is 6.00. The minimum absolute atomic E-state index is 0.0640. The number of carbonyl (C=O) groups is 9. The molecule has 1 fully saturated rings. The highest BCUT2D eigenvalue weighted by Gasteiger charge is 2.55. The number of hydrogen-bond acceptors (Lipinski definition) is 12. The van der Waals surface area contributed by atoms with E-state index in [1.165, 1.54) is 6.92 Å². The van der Waals surface area contributed by atoms with E-state index < -0.39 is 109 Å². The van der Waals surface area contributed by atoms with E-state index in [0.717, 1.165) is 19.5 Å². The number of nitrogens with zero attached hydrogens (tertiary/aromatic N) is 2. The molecule has 8 N–H and O–H groups in total. The Labute approximate surface area is 345 Å². The van der Waals surface area contributed by atoms with Gasteiger partial charge in [0.2, 0.25) is 17.7 Å². The molecule has 326 valence electrons. The van der Waals surface area contributed by atoms with Gasteiger partial charge in [0.15, 0.2) is 12.2 Å². The Morgan fingerprint density at radius 3 is 1.88 bits per heavy atom. The van der Waals surface area contributed by atoms with Crippen molar-refractivity contribution in [2.75, 3.05) is 7.05 Å². The van der Waals surface area contributed by atoms with Gasteiger partial charge in [-0.1, -0.05) is 74.5 Å². The SMILES string of the molecule is CC(C)C[C@H](NC(=O)OCc1ccccc1)C(=O)N[C@@H](CCC(=O)O)C(=O)N[C@H](C(=O)N(C)N(C(=O)O)C(=O)[C@H]1O[C@@H]1C(=O)NC(C)C(=O)NCc1ccccc1)[C@@H](C)O. The number of imide groups is 1. The Morgan fingerprint density at radius 2 is 1.33 bits per heavy atom. The highest BCUT2D eigenvalue weighted by Crippen LogP contribution is 2.26. The minimum atomic E-state index is -2.01. The highest BCUT2D eigenvalue weighted by atomic mass is 16.6. The second-order valence-electron chi connectivity index (χ2n) is 14.3. The van der Waals surface area contributed by atoms with Gasteiger partial charge in [-0.05, 0) is 43.7 Å². The number of amides is 8. The van der Waals surface area contributed by atoms with Crippen molar-refractivity contribution in [2.45, 2.75) is 103 Å². The number of benzene rings is 2. The fraction of sp³-hybridized carbons (Fsp3) is 0.462. The summed E-state index contributed by atoms with van der Waals surface area (Å²) >= 11 is 0. The third-order valence-corrected chi connectivity index (χ3v) is 8.92. The van der Waals surface area contributed by atoms with Crippen LogP contribution in [-0.4, -0.2) is 128 Å². The molecule has 0 bridgehead atoms. The molecular weight excluding hydrogens is 790 g/mol. The zero-order valence-corrected chi connectivity index (χ0v) is 33.7. The second kappa shape index (κ2) is 22.5. The molecule has 21 heteroatoms. The Morgan fingerprint density at radius 1 is 0.750 bits per heavy atom. The zero-order valence-electron chi connectivity index (χ0n) is 33.7. The van der Waals surface area contributed by atoms with Gasteiger partial charge in [-0.15, -0.1) is 5.01 Å². The van der Waals surface area contributed by atoms with Gasteiger partial charge >= 0.3 is 18.2 Å². The van der Waals surface area contributed by atoms with Gasteiger partial charge in [0.25, 0.3) is 17.7 Å². The predicted octanol–water partition coefficient (Wildman–Crippen LogP) is 0.0112. The zero-order chi connectivity index (χ0) is 44.7. The number of epoxide rings is 1. The van der Waals surface area contributed by atoms with Gasteiger partial charge < -0.3 is 51.4 Å². The molecule has 21 nitrogen and oxygen atoms in total. The number of rotatable bonds is 20. The Balaban J connectivity index is 1.67. The van der Waals surface area contributed by atoms with Crippen molar-refractivity contribution < 1.29 is 67.9 Å². The first-order valence-corrected chi connectivity index (χ1v) is 18.9. The number of hydrogen-bond donors (Lipinski definition) is 8. The summed E-state index contributed by atoms with van der Waals surface area (Å²) in [5.41, 5.74) is 1.47. The normalized spacial score (nSPS) is 16.6. The summed E-state index contributed by atoms with van der Waals surface area (Å²) in [5.74, 6) is -7.84. The van der Waals surface area contributed by atoms with Gasteiger partial charge in [0.05, 0.1) is 6.10 Å². The standard InChI is InChI=1S/C39H51N7O14/c1-21(2)18-27(43-38(56)59-20-25-14-10-7-11-15-25)34(52)42-26(16-17-28(48)49)33(51)44-29(23(4)47)36(54)45(5)46(39(57)58)37(55)31-30(60-31)35(53)41-22(3)32(50)40-19-24-12-8-6-9-13-24/h6-15,21-23,26-27,29-31,47H,16-20H2,1-5H3,(H,40,50)(H,41,53)(H,42,52)(H,43,56)(H,44,51)(H,48,49)(H,57,58)/t22?,23-,26+,27+,29+,30+,31+/m1/s1. The average molecular weight is 842 g/mol. The lowest BCUT2D eigenvalue weighted by atomic mass is 10.0. The van der Waals surface area contributed by atoms with Crippen LogP contribution in [0.5, 0.6) is 0 Å². The molecule has 2 aromatic carbocycles. The van der Waals surface area contributed by atoms with Crippen molar-refractivity contribution in [3.63, 3.8) is 0 Å². The van der Waals surface area contributed by atoms with Crippen LogP contribution < -0.4 is 26.6 Å². The van der Waals surface area contributed by atoms with E-state index in [-0.39, 0.29) is 35.5 Å². The van der Waals surface area contributed by atoms with E-state index in [1.54, 1.807) is 74.5 Å². The van der Waals surface area contributed by atoms with Crippen LogP contribution in [0.25, 0.3) is 0 Å². The number of aliphatic hydroxyl groups excluding tert-OH is 1. The van der Waals surface area contributed by atoms with Crippen LogP contribution in [0.15, 0.2) is 60.7 Å². The van der Waals surface area contributed by atoms with Gasteiger partial charge in [0.1, 0.15) is 30.8 Å². The van der Waals surface area contributed by atoms with Crippen molar-refractivity contribution in [1.82, 2.24) is 36.6 Å². The van der Waals surface area contributed by atoms with Gasteiger partial charge in [0, 0.05) is 20.0 Å². The molecule has 0 aromatic heterocycles. The van der Waals surface area contributed by atoms with Crippen LogP contribution in [0.4, 0.5) is 9.59 Å². The lowest BCUT2D eigenvalue weighted by molar-refractivity contribution is -0.160. The molecule has 8 amide bonds. The molecule has 0 saturated carbocycles. The first-order valence-electron chi connectivity index (χ1n) is 18.9. The van der Waals surface area contributed by atoms with Crippen LogP contribution in [0, 0.1) is 5.92 Å². The van der Waals surface area contributed by atoms with Crippen LogP contribution in [0.3, 0.4) is 0 Å². The number of carboxylic acids is 1. The van der Waals surface area contributed by atoms with Crippen LogP contribution in [0.1, 0.15) is 58.1 Å². The van der Waals surface area contributed by atoms with Crippen molar-refractivity contribution in [3.05, 3.63) is 71.8 Å². The first-order chi connectivity index (χ1) is 28.3. The van der Waals surface area contributed by atoms with Crippen molar-refractivity contribution >= 4 is 53.6 Å². The second-order valence-corrected chi connectivity index (χ2v) is 14.3. The minimum Gasteiger partial charge on any atom is -0.481 e. The summed E-state index contributed by atoms with van der Waals surface area (Å²) in [5, 5.41) is 42.0. The van der Waals surface area contributed by atoms with Crippen LogP contribution in [0.2, 0.25) is 0 Å². The Bertz CT molecular complexity index is 1860. The number of carboxylic acid groups (broad SMARTS) is 2. The molecule has 2 aromatic rings. The van der Waals surface area contributed by atoms with E-state index in [9.17, 15) is 58.5 Å². The summed E-state index contributed by atoms with van der Waals surface area (Å²) in [7, 11) is 0.829. The number of alkyl carbamates (subject to hydrolysis) is 1. The Hall–Kier alpha value is -6.61. The maximum atomic E-state index is 13.6. The molecule has 60 heavy (non-hydrogen) atoms. The molecule has 1 aliphatic rings. The number of carbonyl (C=O) groups excluding carboxylic acids is 7. The quantitative estimate of drug-likeness (QED) is 0.0644. The summed E-state index contributed by atoms with van der Waals surface area (Å²) < 4.78 is 10.3. The summed E-state index contributed by atoms with van der Waals surface area (Å²) in [4.78, 5) is 116. The lowest BCUT2D eigenvalue weighted by Crippen LogP contribution is -2.62. The van der Waals surface area contributed by atoms with Crippen molar-refractivity contribution in [1.29, 1.82) is 0 Å². The Kier molecular flexibility index (Phi) is 17.9. The summed E-state index contributed by atoms with van der Waals surface area (Å²) in [6, 6.07) is 11.6. The van der Waals surface area contributed by atoms with Crippen molar-refractivity contribution in [2.24, 2.45) is 5.92 Å². The number of ether oxygens (including phenoxy) is 2. The monoisotopic (exact) mass is 841 g/mol. The van der Waals surface area contributed by atoms with E-state index in [1.807, 2.05) is 0 Å². The summed E-state index contributed by atoms with van der Waals surface area (Å²) in [6.07, 6.45) is -9.06. The molecule has 1 heterocycles. The maximum absolute atomic E-state index is 13.6. The molecule has 1 unspecified atom stereocenters. The third kappa shape index (κ3) is 14.6. The largest absolute Gasteiger partial charge is 0.481 e. The molecule has 0 radical (unpaired) electrons. The molecule has 7 atom stereocenters. The molecule has 0 spiro atoms.